The molecular weight excluding hydrogens is 240 g/mol. The lowest BCUT2D eigenvalue weighted by Gasteiger charge is -2.07. The molecule has 0 aromatic carbocycles. The highest BCUT2D eigenvalue weighted by molar-refractivity contribution is 5.77. The van der Waals surface area contributed by atoms with E-state index in [1.165, 1.54) is 0 Å². The van der Waals surface area contributed by atoms with E-state index in [4.69, 9.17) is 11.1 Å². The van der Waals surface area contributed by atoms with Gasteiger partial charge in [-0.1, -0.05) is 0 Å². The van der Waals surface area contributed by atoms with Gasteiger partial charge < -0.3 is 21.7 Å². The Morgan fingerprint density at radius 1 is 0.947 bits per heavy atom. The van der Waals surface area contributed by atoms with Crippen molar-refractivity contribution >= 4 is 11.7 Å². The maximum Gasteiger partial charge on any atom is 0.0905 e. The first-order valence-corrected chi connectivity index (χ1v) is 7.10. The number of nitrogens with zero attached hydrogens (tertiary/aromatic N) is 1. The monoisotopic (exact) mass is 270 g/mol. The predicted octanol–water partition coefficient (Wildman–Crippen LogP) is 0.300. The van der Waals surface area contributed by atoms with Gasteiger partial charge in [-0.2, -0.15) is 0 Å². The normalized spacial score (nSPS) is 11.6. The Labute approximate surface area is 117 Å². The highest BCUT2D eigenvalue weighted by atomic mass is 14.9. The van der Waals surface area contributed by atoms with Crippen LogP contribution in [-0.2, 0) is 0 Å². The van der Waals surface area contributed by atoms with Crippen molar-refractivity contribution in [1.82, 2.24) is 16.0 Å². The first kappa shape index (κ1) is 17.9. The fraction of sp³-hybridized carbons (Fsp3) is 0.846. The molecule has 0 aliphatic heterocycles. The van der Waals surface area contributed by atoms with Crippen LogP contribution in [0.1, 0.15) is 33.1 Å². The van der Waals surface area contributed by atoms with E-state index >= 15 is 0 Å². The van der Waals surface area contributed by atoms with Crippen LogP contribution < -0.4 is 21.7 Å². The summed E-state index contributed by atoms with van der Waals surface area (Å²) in [6, 6.07) is 0. The Balaban J connectivity index is 3.03. The summed E-state index contributed by atoms with van der Waals surface area (Å²) in [6.07, 6.45) is 3.23. The second-order valence-corrected chi connectivity index (χ2v) is 4.64. The average molecular weight is 270 g/mol. The van der Waals surface area contributed by atoms with Crippen molar-refractivity contribution in [3.05, 3.63) is 0 Å². The van der Waals surface area contributed by atoms with Crippen LogP contribution in [0.25, 0.3) is 0 Å². The number of amidine groups is 2. The van der Waals surface area contributed by atoms with Gasteiger partial charge in [0.2, 0.25) is 0 Å². The van der Waals surface area contributed by atoms with Crippen molar-refractivity contribution in [3.8, 4) is 0 Å². The number of hydrogen-bond acceptors (Lipinski definition) is 4. The molecule has 0 spiro atoms. The van der Waals surface area contributed by atoms with Crippen LogP contribution in [-0.4, -0.2) is 50.9 Å². The lowest BCUT2D eigenvalue weighted by molar-refractivity contribution is 0.575. The van der Waals surface area contributed by atoms with Gasteiger partial charge in [0.15, 0.2) is 0 Å². The summed E-state index contributed by atoms with van der Waals surface area (Å²) in [5, 5.41) is 17.0. The molecule has 112 valence electrons. The van der Waals surface area contributed by atoms with Gasteiger partial charge in [-0.15, -0.1) is 0 Å². The number of nitrogens with two attached hydrogens (primary N) is 1. The second kappa shape index (κ2) is 13.3. The summed E-state index contributed by atoms with van der Waals surface area (Å²) >= 11 is 0. The zero-order valence-corrected chi connectivity index (χ0v) is 12.4. The van der Waals surface area contributed by atoms with Gasteiger partial charge in [-0.3, -0.25) is 10.4 Å². The maximum absolute atomic E-state index is 7.20. The molecule has 0 aliphatic rings. The molecule has 6 N–H and O–H groups in total. The van der Waals surface area contributed by atoms with Crippen LogP contribution in [0.2, 0.25) is 0 Å². The number of nitrogens with one attached hydrogen (secondary N) is 4. The van der Waals surface area contributed by atoms with E-state index in [0.717, 1.165) is 58.5 Å². The van der Waals surface area contributed by atoms with Crippen LogP contribution in [0.15, 0.2) is 4.99 Å². The summed E-state index contributed by atoms with van der Waals surface area (Å²) in [4.78, 5) is 4.13. The van der Waals surface area contributed by atoms with E-state index < -0.39 is 0 Å². The second-order valence-electron chi connectivity index (χ2n) is 4.64. The fourth-order valence-electron chi connectivity index (χ4n) is 1.54. The third-order valence-corrected chi connectivity index (χ3v) is 2.50. The maximum atomic E-state index is 7.20. The van der Waals surface area contributed by atoms with Crippen LogP contribution in [0.5, 0.6) is 0 Å². The standard InChI is InChI=1S/C13H30N6/c1-12(14)18-10-4-8-16-6-3-7-17-9-5-11-19-13(2)15/h16-17H,3-11H2,1-2H3,(H2,14,18)(H2,15,19). The first-order valence-electron chi connectivity index (χ1n) is 7.10. The fourth-order valence-corrected chi connectivity index (χ4v) is 1.54. The highest BCUT2D eigenvalue weighted by Crippen LogP contribution is 1.81. The van der Waals surface area contributed by atoms with Gasteiger partial charge in [0.25, 0.3) is 0 Å². The topological polar surface area (TPSA) is 98.3 Å². The zero-order valence-electron chi connectivity index (χ0n) is 12.4. The summed E-state index contributed by atoms with van der Waals surface area (Å²) in [5.41, 5.74) is 5.44. The average Bonchev–Trinajstić information content (AvgIpc) is 2.34. The number of aliphatic imine (C=N–C) groups is 1. The third kappa shape index (κ3) is 16.9. The van der Waals surface area contributed by atoms with Gasteiger partial charge in [0.1, 0.15) is 0 Å². The molecule has 0 heterocycles. The Morgan fingerprint density at radius 3 is 2.00 bits per heavy atom. The van der Waals surface area contributed by atoms with Gasteiger partial charge in [-0.05, 0) is 59.3 Å². The smallest absolute Gasteiger partial charge is 0.0905 e. The van der Waals surface area contributed by atoms with E-state index in [1.807, 2.05) is 6.92 Å². The lowest BCUT2D eigenvalue weighted by atomic mass is 10.3. The van der Waals surface area contributed by atoms with E-state index in [2.05, 4.69) is 20.9 Å². The minimum Gasteiger partial charge on any atom is -0.388 e. The van der Waals surface area contributed by atoms with Crippen molar-refractivity contribution in [1.29, 1.82) is 5.41 Å². The highest BCUT2D eigenvalue weighted by Gasteiger charge is 1.91. The number of hydrogen-bond donors (Lipinski definition) is 5. The molecule has 0 unspecified atom stereocenters. The Hall–Kier alpha value is -1.14. The van der Waals surface area contributed by atoms with Gasteiger partial charge in [-0.25, -0.2) is 0 Å². The van der Waals surface area contributed by atoms with Gasteiger partial charge in [0.05, 0.1) is 11.7 Å². The molecule has 0 aromatic rings. The third-order valence-electron chi connectivity index (χ3n) is 2.50. The van der Waals surface area contributed by atoms with Gasteiger partial charge >= 0.3 is 0 Å². The first-order chi connectivity index (χ1) is 9.13. The Kier molecular flexibility index (Phi) is 12.5. The molecule has 0 bridgehead atoms. The van der Waals surface area contributed by atoms with E-state index in [1.54, 1.807) is 6.92 Å². The summed E-state index contributed by atoms with van der Waals surface area (Å²) in [6.45, 7) is 9.35. The van der Waals surface area contributed by atoms with Crippen LogP contribution in [0, 0.1) is 5.41 Å². The molecule has 0 rings (SSSR count). The molecule has 0 radical (unpaired) electrons. The van der Waals surface area contributed by atoms with Crippen molar-refractivity contribution in [2.24, 2.45) is 10.7 Å². The van der Waals surface area contributed by atoms with Crippen molar-refractivity contribution in [3.63, 3.8) is 0 Å². The Bertz CT molecular complexity index is 248. The molecule has 0 fully saturated rings. The van der Waals surface area contributed by atoms with Crippen molar-refractivity contribution < 1.29 is 0 Å². The molecule has 0 atom stereocenters. The molecule has 0 amide bonds. The molecule has 0 saturated carbocycles. The Morgan fingerprint density at radius 2 is 1.47 bits per heavy atom. The van der Waals surface area contributed by atoms with E-state index in [-0.39, 0.29) is 0 Å². The molecule has 0 aromatic heterocycles. The van der Waals surface area contributed by atoms with E-state index in [0.29, 0.717) is 11.7 Å². The zero-order chi connectivity index (χ0) is 14.3. The predicted molar refractivity (Wildman–Crippen MR) is 83.2 cm³/mol. The number of rotatable bonds is 12. The molecule has 6 nitrogen and oxygen atoms in total. The van der Waals surface area contributed by atoms with Crippen molar-refractivity contribution in [2.45, 2.75) is 33.1 Å². The van der Waals surface area contributed by atoms with Crippen LogP contribution in [0.3, 0.4) is 0 Å². The summed E-state index contributed by atoms with van der Waals surface area (Å²) < 4.78 is 0. The molecule has 6 heteroatoms. The quantitative estimate of drug-likeness (QED) is 0.200. The minimum absolute atomic E-state index is 0.540. The van der Waals surface area contributed by atoms with Crippen LogP contribution in [0.4, 0.5) is 0 Å². The molecular formula is C13H30N6. The van der Waals surface area contributed by atoms with Crippen molar-refractivity contribution in [2.75, 3.05) is 39.3 Å². The largest absolute Gasteiger partial charge is 0.388 e. The molecule has 0 aliphatic carbocycles. The van der Waals surface area contributed by atoms with Gasteiger partial charge in [0, 0.05) is 13.1 Å². The SMILES string of the molecule is CC(=N)NCCCNCCCNCCCN=C(C)N. The minimum atomic E-state index is 0.540. The molecule has 19 heavy (non-hydrogen) atoms. The summed E-state index contributed by atoms with van der Waals surface area (Å²) in [5.74, 6) is 1.20. The summed E-state index contributed by atoms with van der Waals surface area (Å²) in [7, 11) is 0. The molecule has 0 saturated heterocycles. The van der Waals surface area contributed by atoms with Crippen LogP contribution >= 0.6 is 0 Å². The van der Waals surface area contributed by atoms with E-state index in [9.17, 15) is 0 Å². The lowest BCUT2D eigenvalue weighted by Crippen LogP contribution is -2.27.